The minimum absolute atomic E-state index is 0.203. The van der Waals surface area contributed by atoms with Crippen LogP contribution in [0.5, 0.6) is 5.75 Å². The second-order valence-electron chi connectivity index (χ2n) is 6.85. The van der Waals surface area contributed by atoms with Crippen LogP contribution in [0.4, 0.5) is 26.3 Å². The lowest BCUT2D eigenvalue weighted by atomic mass is 10.0. The fraction of sp³-hybridized carbons (Fsp3) is 0.0909. The molecule has 3 aromatic carbocycles. The summed E-state index contributed by atoms with van der Waals surface area (Å²) < 4.78 is 89.1. The van der Waals surface area contributed by atoms with E-state index in [9.17, 15) is 26.3 Å². The molecule has 0 bridgehead atoms. The number of rotatable bonds is 4. The summed E-state index contributed by atoms with van der Waals surface area (Å²) in [5, 5.41) is 0.818. The third kappa shape index (κ3) is 4.14. The van der Waals surface area contributed by atoms with Gasteiger partial charge in [-0.05, 0) is 53.0 Å². The Kier molecular flexibility index (Phi) is 5.48. The Balaban J connectivity index is 1.71. The minimum Gasteiger partial charge on any atom is -0.429 e. The number of hydrogen-bond donors (Lipinski definition) is 0. The Morgan fingerprint density at radius 2 is 1.52 bits per heavy atom. The number of benzene rings is 3. The Morgan fingerprint density at radius 1 is 0.839 bits per heavy atom. The van der Waals surface area contributed by atoms with Gasteiger partial charge < -0.3 is 4.74 Å². The highest BCUT2D eigenvalue weighted by atomic mass is 32.1. The first-order chi connectivity index (χ1) is 14.5. The highest BCUT2D eigenvalue weighted by Gasteiger charge is 2.40. The van der Waals surface area contributed by atoms with Crippen molar-refractivity contribution >= 4 is 36.0 Å². The van der Waals surface area contributed by atoms with E-state index in [-0.39, 0.29) is 17.4 Å². The maximum atomic E-state index is 14.8. The fourth-order valence-corrected chi connectivity index (χ4v) is 4.68. The van der Waals surface area contributed by atoms with Crippen molar-refractivity contribution in [3.63, 3.8) is 0 Å². The molecule has 1 aromatic heterocycles. The number of hydrogen-bond acceptors (Lipinski definition) is 2. The van der Waals surface area contributed by atoms with Gasteiger partial charge in [0.2, 0.25) is 0 Å². The highest BCUT2D eigenvalue weighted by Crippen LogP contribution is 2.36. The van der Waals surface area contributed by atoms with E-state index in [1.807, 2.05) is 34.4 Å². The molecule has 0 saturated heterocycles. The van der Waals surface area contributed by atoms with Gasteiger partial charge in [-0.2, -0.15) is 8.78 Å². The van der Waals surface area contributed by atoms with Gasteiger partial charge >= 0.3 is 6.11 Å². The molecule has 160 valence electrons. The van der Waals surface area contributed by atoms with E-state index in [4.69, 9.17) is 0 Å². The van der Waals surface area contributed by atoms with Crippen LogP contribution in [0.25, 0.3) is 21.2 Å². The first-order valence-electron chi connectivity index (χ1n) is 8.86. The predicted molar refractivity (Wildman–Crippen MR) is 112 cm³/mol. The molecule has 1 nitrogen and oxygen atoms in total. The molecule has 1 atom stereocenters. The Labute approximate surface area is 179 Å². The predicted octanol–water partition coefficient (Wildman–Crippen LogP) is 7.06. The Morgan fingerprint density at radius 3 is 2.16 bits per heavy atom. The van der Waals surface area contributed by atoms with Gasteiger partial charge in [0.25, 0.3) is 0 Å². The van der Waals surface area contributed by atoms with Crippen molar-refractivity contribution in [2.24, 2.45) is 0 Å². The van der Waals surface area contributed by atoms with E-state index in [0.717, 1.165) is 21.0 Å². The first kappa shape index (κ1) is 21.7. The number of aryl methyl sites for hydroxylation is 1. The summed E-state index contributed by atoms with van der Waals surface area (Å²) in [4.78, 5) is 1.10. The average molecular weight is 470 g/mol. The van der Waals surface area contributed by atoms with Crippen LogP contribution in [0.2, 0.25) is 0 Å². The van der Waals surface area contributed by atoms with Gasteiger partial charge in [-0.25, -0.2) is 17.6 Å². The molecule has 1 heterocycles. The third-order valence-electron chi connectivity index (χ3n) is 4.59. The zero-order valence-corrected chi connectivity index (χ0v) is 17.8. The zero-order valence-electron chi connectivity index (χ0n) is 15.8. The molecule has 9 heteroatoms. The van der Waals surface area contributed by atoms with Crippen molar-refractivity contribution in [1.82, 2.24) is 0 Å². The highest BCUT2D eigenvalue weighted by molar-refractivity contribution is 7.27. The van der Waals surface area contributed by atoms with Crippen molar-refractivity contribution < 1.29 is 31.1 Å². The quantitative estimate of drug-likeness (QED) is 0.176. The molecule has 0 spiro atoms. The molecular weight excluding hydrogens is 457 g/mol. The summed E-state index contributed by atoms with van der Waals surface area (Å²) in [6, 6.07) is 10.3. The van der Waals surface area contributed by atoms with Gasteiger partial charge in [-0.1, -0.05) is 12.1 Å². The Hall–Kier alpha value is -2.57. The van der Waals surface area contributed by atoms with E-state index < -0.39 is 40.7 Å². The molecule has 0 radical (unpaired) electrons. The van der Waals surface area contributed by atoms with Gasteiger partial charge in [-0.3, -0.25) is 0 Å². The largest absolute Gasteiger partial charge is 0.430 e. The molecule has 4 aromatic rings. The summed E-state index contributed by atoms with van der Waals surface area (Å²) in [7, 11) is 2.01. The number of halogens is 6. The van der Waals surface area contributed by atoms with Gasteiger partial charge in [0.05, 0.1) is 0 Å². The molecule has 0 amide bonds. The first-order valence-corrected chi connectivity index (χ1v) is 10.3. The van der Waals surface area contributed by atoms with E-state index in [1.54, 1.807) is 17.4 Å². The molecule has 31 heavy (non-hydrogen) atoms. The fourth-order valence-electron chi connectivity index (χ4n) is 3.24. The molecule has 4 rings (SSSR count). The molecular formula is C22H13F6OPS. The molecule has 0 aliphatic rings. The van der Waals surface area contributed by atoms with Crippen molar-refractivity contribution in [3.05, 3.63) is 82.2 Å². The average Bonchev–Trinajstić information content (AvgIpc) is 3.04. The van der Waals surface area contributed by atoms with Crippen LogP contribution in [0.1, 0.15) is 10.4 Å². The van der Waals surface area contributed by atoms with Gasteiger partial charge in [0.1, 0.15) is 17.1 Å². The van der Waals surface area contributed by atoms with Gasteiger partial charge in [0.15, 0.2) is 17.5 Å². The number of fused-ring (bicyclic) bond motifs is 1. The SMILES string of the molecule is Cc1cc2ccc(-c3cc(F)c(C(F)(F)Oc4cc(F)c(F)c(F)c4)c(P)c3)cc2s1. The standard InChI is InChI=1S/C22H13F6OPS/c1-10-4-12-3-2-11(7-19(12)31-10)13-5-15(23)20(18(30)6-13)22(27,28)29-14-8-16(24)21(26)17(25)9-14/h2-9H,30H2,1H3. The topological polar surface area (TPSA) is 9.23 Å². The summed E-state index contributed by atoms with van der Waals surface area (Å²) >= 11 is 1.55. The van der Waals surface area contributed by atoms with E-state index in [0.29, 0.717) is 11.1 Å². The zero-order chi connectivity index (χ0) is 22.5. The van der Waals surface area contributed by atoms with Gasteiger partial charge in [-0.15, -0.1) is 20.6 Å². The van der Waals surface area contributed by atoms with Crippen LogP contribution in [0, 0.1) is 30.2 Å². The lowest BCUT2D eigenvalue weighted by Crippen LogP contribution is -2.29. The van der Waals surface area contributed by atoms with Crippen LogP contribution >= 0.6 is 20.6 Å². The molecule has 0 aliphatic heterocycles. The van der Waals surface area contributed by atoms with Crippen LogP contribution in [-0.4, -0.2) is 0 Å². The smallest absolute Gasteiger partial charge is 0.429 e. The number of ether oxygens (including phenoxy) is 1. The van der Waals surface area contributed by atoms with E-state index >= 15 is 0 Å². The second-order valence-corrected chi connectivity index (χ2v) is 8.76. The van der Waals surface area contributed by atoms with E-state index in [1.165, 1.54) is 6.07 Å². The third-order valence-corrected chi connectivity index (χ3v) is 6.06. The van der Waals surface area contributed by atoms with Gasteiger partial charge in [0, 0.05) is 21.7 Å². The molecule has 0 saturated carbocycles. The van der Waals surface area contributed by atoms with Crippen molar-refractivity contribution in [3.8, 4) is 16.9 Å². The second kappa shape index (κ2) is 7.84. The van der Waals surface area contributed by atoms with Crippen LogP contribution in [0.3, 0.4) is 0 Å². The Bertz CT molecular complexity index is 1270. The normalized spacial score (nSPS) is 11.9. The molecule has 0 aliphatic carbocycles. The minimum atomic E-state index is -4.27. The maximum absolute atomic E-state index is 14.8. The van der Waals surface area contributed by atoms with Crippen LogP contribution in [-0.2, 0) is 6.11 Å². The van der Waals surface area contributed by atoms with Crippen molar-refractivity contribution in [1.29, 1.82) is 0 Å². The van der Waals surface area contributed by atoms with Crippen molar-refractivity contribution in [2.75, 3.05) is 0 Å². The number of thiophene rings is 1. The molecule has 1 unspecified atom stereocenters. The van der Waals surface area contributed by atoms with Crippen LogP contribution < -0.4 is 10.0 Å². The number of alkyl halides is 2. The van der Waals surface area contributed by atoms with E-state index in [2.05, 4.69) is 4.74 Å². The van der Waals surface area contributed by atoms with Crippen LogP contribution in [0.15, 0.2) is 48.5 Å². The lowest BCUT2D eigenvalue weighted by Gasteiger charge is -2.21. The summed E-state index contributed by atoms with van der Waals surface area (Å²) in [5.74, 6) is -7.47. The van der Waals surface area contributed by atoms with Crippen molar-refractivity contribution in [2.45, 2.75) is 13.0 Å². The lowest BCUT2D eigenvalue weighted by molar-refractivity contribution is -0.186. The summed E-state index contributed by atoms with van der Waals surface area (Å²) in [6.07, 6.45) is -4.27. The molecule has 0 N–H and O–H groups in total. The molecule has 0 fully saturated rings. The summed E-state index contributed by atoms with van der Waals surface area (Å²) in [6.45, 7) is 1.96. The summed E-state index contributed by atoms with van der Waals surface area (Å²) in [5.41, 5.74) is -0.108. The monoisotopic (exact) mass is 470 g/mol. The maximum Gasteiger partial charge on any atom is 0.430 e.